The van der Waals surface area contributed by atoms with Crippen LogP contribution in [-0.4, -0.2) is 43.9 Å². The lowest BCUT2D eigenvalue weighted by Gasteiger charge is -1.92. The molecule has 0 fully saturated rings. The van der Waals surface area contributed by atoms with Crippen molar-refractivity contribution < 1.29 is 22.9 Å². The molecular weight excluding hydrogens is 258 g/mol. The van der Waals surface area contributed by atoms with E-state index in [4.69, 9.17) is 9.66 Å². The van der Waals surface area contributed by atoms with Crippen LogP contribution in [0.1, 0.15) is 33.1 Å². The van der Waals surface area contributed by atoms with Gasteiger partial charge in [-0.1, -0.05) is 26.8 Å². The van der Waals surface area contributed by atoms with Crippen LogP contribution in [-0.2, 0) is 14.9 Å². The van der Waals surface area contributed by atoms with Gasteiger partial charge in [-0.05, 0) is 26.9 Å². The summed E-state index contributed by atoms with van der Waals surface area (Å²) < 4.78 is 27.6. The molecule has 0 amide bonds. The van der Waals surface area contributed by atoms with E-state index in [9.17, 15) is 13.2 Å². The number of nitrogens with one attached hydrogen (secondary N) is 1. The van der Waals surface area contributed by atoms with Gasteiger partial charge in [0.25, 0.3) is 10.1 Å². The summed E-state index contributed by atoms with van der Waals surface area (Å²) in [7, 11) is 0.0758. The Bertz CT molecular complexity index is 311. The van der Waals surface area contributed by atoms with Crippen LogP contribution >= 0.6 is 0 Å². The summed E-state index contributed by atoms with van der Waals surface area (Å²) in [5.74, 6) is -1.01. The Kier molecular flexibility index (Phi) is 17.5. The highest BCUT2D eigenvalue weighted by molar-refractivity contribution is 7.85. The van der Waals surface area contributed by atoms with Gasteiger partial charge < -0.3 is 10.4 Å². The van der Waals surface area contributed by atoms with Gasteiger partial charge in [-0.2, -0.15) is 8.42 Å². The third kappa shape index (κ3) is 29.4. The fourth-order valence-corrected chi connectivity index (χ4v) is 1.18. The minimum absolute atomic E-state index is 0.132. The first-order chi connectivity index (χ1) is 8.16. The molecule has 0 saturated carbocycles. The molecule has 3 N–H and O–H groups in total. The second-order valence-electron chi connectivity index (χ2n) is 3.44. The summed E-state index contributed by atoms with van der Waals surface area (Å²) in [5, 5.41) is 11.0. The SMILES string of the molecule is C=C(CCC)C(=O)O.CCCS(=O)(=O)O.CNC. The first-order valence-electron chi connectivity index (χ1n) is 5.60. The lowest BCUT2D eigenvalue weighted by atomic mass is 10.2. The number of rotatable bonds is 5. The Morgan fingerprint density at radius 3 is 1.67 bits per heavy atom. The fourth-order valence-electron chi connectivity index (χ4n) is 0.667. The molecule has 7 heteroatoms. The number of carbonyl (C=O) groups is 1. The third-order valence-electron chi connectivity index (χ3n) is 1.32. The predicted octanol–water partition coefficient (Wildman–Crippen LogP) is 1.55. The number of aliphatic carboxylic acids is 1. The maximum absolute atomic E-state index is 9.99. The second-order valence-corrected chi connectivity index (χ2v) is 5.02. The highest BCUT2D eigenvalue weighted by Crippen LogP contribution is 1.99. The van der Waals surface area contributed by atoms with E-state index in [0.717, 1.165) is 6.42 Å². The fraction of sp³-hybridized carbons (Fsp3) is 0.727. The standard InChI is InChI=1S/C6H10O2.C3H8O3S.C2H7N/c1-3-4-5(2)6(7)8;1-2-3-7(4,5)6;1-3-2/h2-4H2,1H3,(H,7,8);2-3H2,1H3,(H,4,5,6);3H,1-2H3. The van der Waals surface area contributed by atoms with Crippen LogP contribution in [0.15, 0.2) is 12.2 Å². The number of hydrogen-bond acceptors (Lipinski definition) is 4. The molecule has 110 valence electrons. The zero-order chi connectivity index (χ0) is 15.2. The van der Waals surface area contributed by atoms with E-state index >= 15 is 0 Å². The van der Waals surface area contributed by atoms with Gasteiger partial charge in [0.2, 0.25) is 0 Å². The van der Waals surface area contributed by atoms with E-state index in [0.29, 0.717) is 18.4 Å². The molecule has 0 aliphatic carbocycles. The predicted molar refractivity (Wildman–Crippen MR) is 73.4 cm³/mol. The molecule has 0 rings (SSSR count). The van der Waals surface area contributed by atoms with Crippen LogP contribution in [0.2, 0.25) is 0 Å². The molecule has 0 heterocycles. The molecule has 0 unspecified atom stereocenters. The maximum Gasteiger partial charge on any atom is 0.330 e. The maximum atomic E-state index is 9.99. The highest BCUT2D eigenvalue weighted by Gasteiger charge is 1.99. The number of hydrogen-bond donors (Lipinski definition) is 3. The van der Waals surface area contributed by atoms with Crippen molar-refractivity contribution in [2.75, 3.05) is 19.8 Å². The Hall–Kier alpha value is -0.920. The quantitative estimate of drug-likeness (QED) is 0.522. The van der Waals surface area contributed by atoms with Gasteiger partial charge in [0, 0.05) is 5.57 Å². The average Bonchev–Trinajstić information content (AvgIpc) is 2.18. The first kappa shape index (κ1) is 22.3. The van der Waals surface area contributed by atoms with E-state index in [1.165, 1.54) is 0 Å². The molecule has 0 aliphatic rings. The van der Waals surface area contributed by atoms with Gasteiger partial charge in [0.05, 0.1) is 5.75 Å². The molecule has 6 nitrogen and oxygen atoms in total. The van der Waals surface area contributed by atoms with Crippen LogP contribution in [0.4, 0.5) is 0 Å². The van der Waals surface area contributed by atoms with Crippen molar-refractivity contribution in [2.24, 2.45) is 0 Å². The molecule has 0 bridgehead atoms. The summed E-state index contributed by atoms with van der Waals surface area (Å²) in [6.45, 7) is 6.96. The van der Waals surface area contributed by atoms with E-state index in [1.807, 2.05) is 21.0 Å². The van der Waals surface area contributed by atoms with Crippen molar-refractivity contribution in [3.63, 3.8) is 0 Å². The van der Waals surface area contributed by atoms with Crippen molar-refractivity contribution in [3.05, 3.63) is 12.2 Å². The topological polar surface area (TPSA) is 104 Å². The van der Waals surface area contributed by atoms with Crippen molar-refractivity contribution >= 4 is 16.1 Å². The average molecular weight is 283 g/mol. The van der Waals surface area contributed by atoms with E-state index in [-0.39, 0.29) is 5.75 Å². The Morgan fingerprint density at radius 2 is 1.61 bits per heavy atom. The molecular formula is C11H25NO5S. The molecule has 0 aromatic heterocycles. The van der Waals surface area contributed by atoms with Crippen molar-refractivity contribution in [2.45, 2.75) is 33.1 Å². The van der Waals surface area contributed by atoms with Crippen molar-refractivity contribution in [1.29, 1.82) is 0 Å². The molecule has 0 atom stereocenters. The summed E-state index contributed by atoms with van der Waals surface area (Å²) in [6.07, 6.45) is 1.92. The van der Waals surface area contributed by atoms with E-state index < -0.39 is 16.1 Å². The molecule has 0 aliphatic heterocycles. The minimum Gasteiger partial charge on any atom is -0.478 e. The van der Waals surface area contributed by atoms with Crippen LogP contribution < -0.4 is 5.32 Å². The minimum atomic E-state index is -3.67. The number of carboxylic acids is 1. The summed E-state index contributed by atoms with van der Waals surface area (Å²) in [4.78, 5) is 9.99. The van der Waals surface area contributed by atoms with Gasteiger partial charge in [0.15, 0.2) is 0 Å². The van der Waals surface area contributed by atoms with Crippen LogP contribution in [0.5, 0.6) is 0 Å². The molecule has 0 aromatic carbocycles. The smallest absolute Gasteiger partial charge is 0.330 e. The Balaban J connectivity index is -0.000000207. The van der Waals surface area contributed by atoms with Gasteiger partial charge in [-0.3, -0.25) is 4.55 Å². The first-order valence-corrected chi connectivity index (χ1v) is 7.21. The normalized spacial score (nSPS) is 9.39. The second kappa shape index (κ2) is 14.1. The zero-order valence-electron chi connectivity index (χ0n) is 11.6. The monoisotopic (exact) mass is 283 g/mol. The third-order valence-corrected chi connectivity index (χ3v) is 2.24. The molecule has 0 spiro atoms. The summed E-state index contributed by atoms with van der Waals surface area (Å²) in [5.41, 5.74) is 0.299. The van der Waals surface area contributed by atoms with Crippen molar-refractivity contribution in [3.8, 4) is 0 Å². The van der Waals surface area contributed by atoms with Crippen LogP contribution in [0, 0.1) is 0 Å². The van der Waals surface area contributed by atoms with Crippen LogP contribution in [0.25, 0.3) is 0 Å². The van der Waals surface area contributed by atoms with Crippen LogP contribution in [0.3, 0.4) is 0 Å². The Morgan fingerprint density at radius 1 is 1.22 bits per heavy atom. The molecule has 0 saturated heterocycles. The lowest BCUT2D eigenvalue weighted by molar-refractivity contribution is -0.132. The van der Waals surface area contributed by atoms with Gasteiger partial charge >= 0.3 is 5.97 Å². The van der Waals surface area contributed by atoms with E-state index in [1.54, 1.807) is 6.92 Å². The lowest BCUT2D eigenvalue weighted by Crippen LogP contribution is -2.01. The molecule has 0 radical (unpaired) electrons. The Labute approximate surface area is 110 Å². The van der Waals surface area contributed by atoms with Gasteiger partial charge in [-0.25, -0.2) is 4.79 Å². The molecule has 0 aromatic rings. The highest BCUT2D eigenvalue weighted by atomic mass is 32.2. The molecule has 18 heavy (non-hydrogen) atoms. The summed E-state index contributed by atoms with van der Waals surface area (Å²) >= 11 is 0. The van der Waals surface area contributed by atoms with E-state index in [2.05, 4.69) is 11.9 Å². The van der Waals surface area contributed by atoms with Gasteiger partial charge in [0.1, 0.15) is 0 Å². The summed E-state index contributed by atoms with van der Waals surface area (Å²) in [6, 6.07) is 0. The van der Waals surface area contributed by atoms with Gasteiger partial charge in [-0.15, -0.1) is 0 Å². The number of carboxylic acid groups (broad SMARTS) is 1. The van der Waals surface area contributed by atoms with Crippen molar-refractivity contribution in [1.82, 2.24) is 5.32 Å². The largest absolute Gasteiger partial charge is 0.478 e. The zero-order valence-corrected chi connectivity index (χ0v) is 12.4.